The minimum atomic E-state index is -4.19. The number of nitrogens with zero attached hydrogens (tertiary/aromatic N) is 6. The molecule has 0 saturated heterocycles. The average Bonchev–Trinajstić information content (AvgIpc) is 3.21. The summed E-state index contributed by atoms with van der Waals surface area (Å²) < 4.78 is 89.8. The van der Waals surface area contributed by atoms with Crippen molar-refractivity contribution in [2.24, 2.45) is 5.14 Å². The molecule has 6 aromatic rings. The van der Waals surface area contributed by atoms with Crippen molar-refractivity contribution in [2.75, 3.05) is 34.9 Å². The Kier molecular flexibility index (Phi) is 23.0. The van der Waals surface area contributed by atoms with Crippen LogP contribution in [-0.4, -0.2) is 71.4 Å². The molecule has 0 atom stereocenters. The van der Waals surface area contributed by atoms with Crippen molar-refractivity contribution in [3.63, 3.8) is 0 Å². The van der Waals surface area contributed by atoms with Gasteiger partial charge in [-0.25, -0.2) is 41.9 Å². The summed E-state index contributed by atoms with van der Waals surface area (Å²) in [6.07, 6.45) is 5.47. The number of nitrogen functional groups attached to an aromatic ring is 5. The highest BCUT2D eigenvalue weighted by Gasteiger charge is 2.21. The van der Waals surface area contributed by atoms with Gasteiger partial charge in [0.1, 0.15) is 23.1 Å². The van der Waals surface area contributed by atoms with Gasteiger partial charge in [0.05, 0.1) is 28.4 Å². The second-order valence-corrected chi connectivity index (χ2v) is 22.0. The first kappa shape index (κ1) is 63.3. The number of benzene rings is 3. The van der Waals surface area contributed by atoms with Crippen molar-refractivity contribution >= 4 is 69.2 Å². The maximum Gasteiger partial charge on any atom is 0.353 e. The Morgan fingerprint density at radius 2 is 0.889 bits per heavy atom. The van der Waals surface area contributed by atoms with Crippen LogP contribution in [0.25, 0.3) is 0 Å². The molecule has 3 aromatic heterocycles. The van der Waals surface area contributed by atoms with Gasteiger partial charge in [-0.15, -0.1) is 0 Å². The molecular weight excluding hydrogens is 1020 g/mol. The van der Waals surface area contributed by atoms with Crippen LogP contribution >= 0.6 is 10.7 Å². The van der Waals surface area contributed by atoms with E-state index in [1.807, 2.05) is 45.9 Å². The normalized spacial score (nSPS) is 11.1. The van der Waals surface area contributed by atoms with E-state index in [4.69, 9.17) is 61.0 Å². The summed E-state index contributed by atoms with van der Waals surface area (Å²) in [6, 6.07) is 12.5. The second kappa shape index (κ2) is 26.1. The Morgan fingerprint density at radius 1 is 0.542 bits per heavy atom. The maximum absolute atomic E-state index is 11.9. The SMILES string of the molecule is Cc1cc(C(C)C)c(Oc2cnc(N)nc2N)cc1S(C)(=O)=O.Cc1ccc(Oc2cnc(N)nc2N)c(C(C)C)c1.Cc1ncc(Oc2cc(S(N)(=O)=O)c(C)cc2C(C)C)c(N)n1.N.O.O=S(=O)(O)Cl. The third kappa shape index (κ3) is 19.1. The van der Waals surface area contributed by atoms with Crippen LogP contribution in [-0.2, 0) is 29.2 Å². The summed E-state index contributed by atoms with van der Waals surface area (Å²) in [5, 5.41) is 5.26. The summed E-state index contributed by atoms with van der Waals surface area (Å²) in [7, 11) is -7.36. The van der Waals surface area contributed by atoms with Crippen LogP contribution in [0.5, 0.6) is 34.5 Å². The van der Waals surface area contributed by atoms with Crippen LogP contribution < -0.4 is 54.2 Å². The number of anilines is 5. The molecule has 18 N–H and O–H groups in total. The number of nitrogens with two attached hydrogens (primary N) is 6. The number of rotatable bonds is 11. The molecule has 72 heavy (non-hydrogen) atoms. The molecule has 3 aromatic carbocycles. The van der Waals surface area contributed by atoms with Crippen molar-refractivity contribution in [2.45, 2.75) is 96.8 Å². The van der Waals surface area contributed by atoms with E-state index in [1.165, 1.54) is 36.3 Å². The summed E-state index contributed by atoms with van der Waals surface area (Å²) in [4.78, 5) is 23.8. The van der Waals surface area contributed by atoms with Gasteiger partial charge in [-0.3, -0.25) is 4.55 Å². The van der Waals surface area contributed by atoms with Crippen LogP contribution in [0.3, 0.4) is 0 Å². The lowest BCUT2D eigenvalue weighted by Gasteiger charge is -2.17. The molecule has 0 aliphatic rings. The van der Waals surface area contributed by atoms with E-state index >= 15 is 0 Å². The summed E-state index contributed by atoms with van der Waals surface area (Å²) >= 11 is 0. The van der Waals surface area contributed by atoms with Gasteiger partial charge in [0.25, 0.3) is 0 Å². The van der Waals surface area contributed by atoms with Crippen LogP contribution in [0.4, 0.5) is 29.4 Å². The fourth-order valence-electron chi connectivity index (χ4n) is 6.24. The number of sulfonamides is 1. The molecule has 24 nitrogen and oxygen atoms in total. The van der Waals surface area contributed by atoms with E-state index in [9.17, 15) is 16.8 Å². The topological polar surface area (TPSA) is 450 Å². The first-order valence-electron chi connectivity index (χ1n) is 20.8. The Hall–Kier alpha value is -6.72. The van der Waals surface area contributed by atoms with Crippen molar-refractivity contribution in [1.29, 1.82) is 0 Å². The quantitative estimate of drug-likeness (QED) is 0.0492. The number of sulfone groups is 1. The van der Waals surface area contributed by atoms with Crippen LogP contribution in [0.1, 0.15) is 98.5 Å². The second-order valence-electron chi connectivity index (χ2n) is 16.5. The van der Waals surface area contributed by atoms with Crippen LogP contribution in [0, 0.1) is 27.7 Å². The van der Waals surface area contributed by atoms with Gasteiger partial charge in [0.15, 0.2) is 44.5 Å². The monoisotopic (exact) mass is 1080 g/mol. The molecule has 0 unspecified atom stereocenters. The Bertz CT molecular complexity index is 3030. The van der Waals surface area contributed by atoms with Crippen molar-refractivity contribution in [3.05, 3.63) is 100 Å². The zero-order valence-corrected chi connectivity index (χ0v) is 44.8. The van der Waals surface area contributed by atoms with E-state index in [0.717, 1.165) is 28.7 Å². The lowest BCUT2D eigenvalue weighted by molar-refractivity contribution is 0.468. The van der Waals surface area contributed by atoms with Crippen molar-refractivity contribution in [3.8, 4) is 34.5 Å². The number of aromatic nitrogens is 6. The van der Waals surface area contributed by atoms with E-state index < -0.39 is 29.2 Å². The Morgan fingerprint density at radius 3 is 1.25 bits per heavy atom. The molecule has 0 bridgehead atoms. The van der Waals surface area contributed by atoms with Crippen molar-refractivity contribution < 1.29 is 49.5 Å². The standard InChI is InChI=1S/2C15H20N4O3S.C14H18N4O.ClHO3S.H3N.H2O/c1-8(2)10-5-9(3)13(23(4,20)21)6-11(10)22-12-7-18-15(17)19-14(12)16;1-8(2)11-5-9(3)14(23(17,20)21)6-12(11)22-13-7-18-10(4)19-15(13)16;1-8(2)10-6-9(3)4-5-11(10)19-12-7-17-14(16)18-13(12)15;1-5(2,3)4;;/h5-8H,1-4H3,(H4,16,17,18,19);5-8H,1-4H3,(H2,16,18,19)(H2,17,20,21);4-8H,1-3H3,(H4,15,16,17,18);(H,2,3,4);1H3;1H2. The first-order chi connectivity index (χ1) is 32.2. The van der Waals surface area contributed by atoms with Gasteiger partial charge in [-0.2, -0.15) is 18.4 Å². The minimum absolute atomic E-state index is 0. The molecule has 0 aliphatic heterocycles. The van der Waals surface area contributed by atoms with Crippen LogP contribution in [0.15, 0.2) is 70.8 Å². The molecule has 0 radical (unpaired) electrons. The minimum Gasteiger partial charge on any atom is -0.452 e. The van der Waals surface area contributed by atoms with E-state index in [0.29, 0.717) is 40.1 Å². The lowest BCUT2D eigenvalue weighted by Crippen LogP contribution is -2.14. The Balaban J connectivity index is 0.000000510. The van der Waals surface area contributed by atoms with Gasteiger partial charge < -0.3 is 54.5 Å². The lowest BCUT2D eigenvalue weighted by atomic mass is 10.00. The molecule has 0 aliphatic carbocycles. The maximum atomic E-state index is 11.9. The van der Waals surface area contributed by atoms with Crippen molar-refractivity contribution in [1.82, 2.24) is 36.1 Å². The van der Waals surface area contributed by atoms with Gasteiger partial charge in [0, 0.05) is 23.0 Å². The van der Waals surface area contributed by atoms with Gasteiger partial charge in [-0.1, -0.05) is 71.4 Å². The Labute approximate surface area is 424 Å². The predicted octanol–water partition coefficient (Wildman–Crippen LogP) is 6.74. The number of ether oxygens (including phenoxy) is 3. The number of hydrogen-bond acceptors (Lipinski definition) is 21. The zero-order valence-electron chi connectivity index (χ0n) is 41.6. The number of primary sulfonamides is 1. The summed E-state index contributed by atoms with van der Waals surface area (Å²) in [6.45, 7) is 19.4. The zero-order chi connectivity index (χ0) is 53.2. The van der Waals surface area contributed by atoms with E-state index in [-0.39, 0.29) is 74.1 Å². The average molecular weight is 1080 g/mol. The largest absolute Gasteiger partial charge is 0.452 e. The summed E-state index contributed by atoms with van der Waals surface area (Å²) in [5.41, 5.74) is 33.6. The molecule has 28 heteroatoms. The number of halogens is 1. The number of aryl methyl sites for hydroxylation is 4. The molecule has 396 valence electrons. The van der Waals surface area contributed by atoms with E-state index in [2.05, 4.69) is 67.4 Å². The molecule has 0 spiro atoms. The van der Waals surface area contributed by atoms with Crippen LogP contribution in [0.2, 0.25) is 0 Å². The molecule has 0 fully saturated rings. The third-order valence-electron chi connectivity index (χ3n) is 9.52. The molecule has 0 saturated carbocycles. The fourth-order valence-corrected chi connectivity index (χ4v) is 7.99. The highest BCUT2D eigenvalue weighted by atomic mass is 35.7. The first-order valence-corrected chi connectivity index (χ1v) is 26.5. The number of hydrogen-bond donors (Lipinski definition) is 8. The smallest absolute Gasteiger partial charge is 0.353 e. The highest BCUT2D eigenvalue weighted by Crippen LogP contribution is 2.38. The third-order valence-corrected chi connectivity index (χ3v) is 11.8. The predicted molar refractivity (Wildman–Crippen MR) is 279 cm³/mol. The molecule has 0 amide bonds. The fraction of sp³-hybridized carbons (Fsp3) is 0.318. The van der Waals surface area contributed by atoms with Gasteiger partial charge in [0.2, 0.25) is 21.9 Å². The van der Waals surface area contributed by atoms with Gasteiger partial charge in [-0.05, 0) is 85.4 Å². The molecule has 6 rings (SSSR count). The molecule has 3 heterocycles. The molecular formula is C44H64ClN13O11S3. The summed E-state index contributed by atoms with van der Waals surface area (Å²) in [5.74, 6) is 4.27. The highest BCUT2D eigenvalue weighted by molar-refractivity contribution is 8.09. The van der Waals surface area contributed by atoms with E-state index in [1.54, 1.807) is 26.8 Å². The van der Waals surface area contributed by atoms with Gasteiger partial charge >= 0.3 is 9.33 Å².